The molecular formula is C15H19N4O11P3. The molecule has 2 aromatic rings. The van der Waals surface area contributed by atoms with Crippen LogP contribution in [0.25, 0.3) is 11.2 Å². The molecule has 2 aromatic heterocycles. The van der Waals surface area contributed by atoms with E-state index in [9.17, 15) is 28.6 Å². The molecule has 1 aliphatic rings. The molecular weight excluding hydrogens is 505 g/mol. The van der Waals surface area contributed by atoms with Crippen LogP contribution in [0.15, 0.2) is 24.8 Å². The van der Waals surface area contributed by atoms with E-state index in [1.165, 1.54) is 12.7 Å². The third-order valence-electron chi connectivity index (χ3n) is 5.00. The summed E-state index contributed by atoms with van der Waals surface area (Å²) in [4.78, 5) is 48.7. The molecule has 1 saturated carbocycles. The number of fused-ring (bicyclic) bond motifs is 1. The Bertz CT molecular complexity index is 1280. The second kappa shape index (κ2) is 8.78. The van der Waals surface area contributed by atoms with Crippen LogP contribution >= 0.6 is 23.5 Å². The zero-order valence-electron chi connectivity index (χ0n) is 16.8. The summed E-state index contributed by atoms with van der Waals surface area (Å²) < 4.78 is 48.0. The minimum Gasteiger partial charge on any atom is -0.391 e. The highest BCUT2D eigenvalue weighted by Crippen LogP contribution is 2.66. The maximum absolute atomic E-state index is 12.1. The molecule has 2 unspecified atom stereocenters. The van der Waals surface area contributed by atoms with Crippen molar-refractivity contribution in [2.75, 3.05) is 6.61 Å². The van der Waals surface area contributed by atoms with Gasteiger partial charge in [-0.1, -0.05) is 12.5 Å². The van der Waals surface area contributed by atoms with Crippen molar-refractivity contribution < 1.29 is 51.5 Å². The van der Waals surface area contributed by atoms with Gasteiger partial charge in [0.05, 0.1) is 30.8 Å². The van der Waals surface area contributed by atoms with E-state index in [2.05, 4.69) is 40.6 Å². The highest BCUT2D eigenvalue weighted by Gasteiger charge is 2.52. The maximum Gasteiger partial charge on any atom is 0.490 e. The number of phosphoric ester groups is 1. The smallest absolute Gasteiger partial charge is 0.391 e. The lowest BCUT2D eigenvalue weighted by Crippen LogP contribution is -2.34. The topological polar surface area (TPSA) is 224 Å². The largest absolute Gasteiger partial charge is 0.490 e. The Hall–Kier alpha value is -1.78. The van der Waals surface area contributed by atoms with Crippen molar-refractivity contribution in [3.63, 3.8) is 0 Å². The second-order valence-corrected chi connectivity index (χ2v) is 11.5. The van der Waals surface area contributed by atoms with Gasteiger partial charge in [-0.15, -0.1) is 6.42 Å². The van der Waals surface area contributed by atoms with Crippen LogP contribution in [-0.2, 0) is 26.8 Å². The van der Waals surface area contributed by atoms with Gasteiger partial charge in [0.15, 0.2) is 5.65 Å². The molecule has 1 fully saturated rings. The van der Waals surface area contributed by atoms with Gasteiger partial charge in [-0.2, -0.15) is 8.62 Å². The van der Waals surface area contributed by atoms with E-state index in [-0.39, 0.29) is 12.0 Å². The number of aromatic nitrogens is 4. The molecule has 0 aromatic carbocycles. The number of rotatable bonds is 8. The lowest BCUT2D eigenvalue weighted by molar-refractivity contribution is 0.0593. The molecule has 0 amide bonds. The van der Waals surface area contributed by atoms with Crippen molar-refractivity contribution in [2.45, 2.75) is 25.5 Å². The van der Waals surface area contributed by atoms with Crippen molar-refractivity contribution >= 4 is 34.6 Å². The fourth-order valence-corrected chi connectivity index (χ4v) is 6.51. The minimum absolute atomic E-state index is 0.00268. The first-order valence-electron chi connectivity index (χ1n) is 8.88. The highest BCUT2D eigenvalue weighted by molar-refractivity contribution is 7.66. The molecule has 0 spiro atoms. The zero-order valence-corrected chi connectivity index (χ0v) is 19.5. The van der Waals surface area contributed by atoms with E-state index in [0.29, 0.717) is 16.9 Å². The van der Waals surface area contributed by atoms with Crippen molar-refractivity contribution in [3.05, 3.63) is 30.5 Å². The van der Waals surface area contributed by atoms with Crippen LogP contribution in [0.5, 0.6) is 0 Å². The molecule has 5 N–H and O–H groups in total. The first-order valence-corrected chi connectivity index (χ1v) is 13.4. The van der Waals surface area contributed by atoms with E-state index in [1.807, 2.05) is 0 Å². The van der Waals surface area contributed by atoms with Gasteiger partial charge in [0.1, 0.15) is 17.3 Å². The van der Waals surface area contributed by atoms with Gasteiger partial charge in [-0.3, -0.25) is 4.52 Å². The highest BCUT2D eigenvalue weighted by atomic mass is 31.3. The van der Waals surface area contributed by atoms with Crippen LogP contribution in [0, 0.1) is 24.7 Å². The van der Waals surface area contributed by atoms with Gasteiger partial charge in [0, 0.05) is 0 Å². The van der Waals surface area contributed by atoms with E-state index in [4.69, 9.17) is 16.2 Å². The van der Waals surface area contributed by atoms with Gasteiger partial charge in [0.2, 0.25) is 0 Å². The van der Waals surface area contributed by atoms with Crippen molar-refractivity contribution in [3.8, 4) is 12.3 Å². The van der Waals surface area contributed by atoms with Crippen LogP contribution in [0.1, 0.15) is 18.2 Å². The van der Waals surface area contributed by atoms with Gasteiger partial charge < -0.3 is 29.2 Å². The average Bonchev–Trinajstić information content (AvgIpc) is 3.18. The Morgan fingerprint density at radius 2 is 1.88 bits per heavy atom. The van der Waals surface area contributed by atoms with Gasteiger partial charge in [-0.05, 0) is 18.9 Å². The molecule has 3 rings (SSSR count). The van der Waals surface area contributed by atoms with Crippen molar-refractivity contribution in [2.24, 2.45) is 5.41 Å². The molecule has 18 heteroatoms. The van der Waals surface area contributed by atoms with E-state index < -0.39 is 47.6 Å². The van der Waals surface area contributed by atoms with Crippen LogP contribution in [-0.4, -0.2) is 56.9 Å². The zero-order chi connectivity index (χ0) is 24.8. The summed E-state index contributed by atoms with van der Waals surface area (Å²) >= 11 is 0. The summed E-state index contributed by atoms with van der Waals surface area (Å²) in [5.74, 6) is 2.29. The molecule has 5 atom stereocenters. The Labute approximate surface area is 186 Å². The number of nitrogens with zero attached hydrogens (tertiary/aromatic N) is 4. The number of terminal acetylenes is 1. The lowest BCUT2D eigenvalue weighted by Gasteiger charge is -2.29. The standard InChI is InChI=1S/C15H19N4O11P3/c1-4-15(6-28-32(24,25)30-33(26,27)29-31(21,22)23)9(2)11(5-12(15)20)19-8-18-13-10(3)16-7-17-14(13)19/h1,7-8,11-12,20H,2,5-6H2,3H3,(H,24,25)(H,26,27)(H2,21,22,23)/t11-,12-,15-/m0/s1. The molecule has 0 radical (unpaired) electrons. The van der Waals surface area contributed by atoms with Crippen LogP contribution in [0.2, 0.25) is 0 Å². The SMILES string of the molecule is C#C[C@]1(COP(=O)(O)OP(=O)(O)OP(=O)(O)O)C(=C)[C@@H](n2cnc3c(C)ncnc32)C[C@@H]1O. The Kier molecular flexibility index (Phi) is 6.87. The quantitative estimate of drug-likeness (QED) is 0.184. The number of imidazole rings is 1. The number of aryl methyl sites for hydroxylation is 1. The first kappa shape index (κ1) is 25.8. The number of phosphoric acid groups is 3. The molecule has 0 bridgehead atoms. The van der Waals surface area contributed by atoms with E-state index >= 15 is 0 Å². The van der Waals surface area contributed by atoms with Crippen LogP contribution < -0.4 is 0 Å². The summed E-state index contributed by atoms with van der Waals surface area (Å²) in [7, 11) is -16.7. The molecule has 0 saturated heterocycles. The minimum atomic E-state index is -5.71. The third kappa shape index (κ3) is 5.33. The van der Waals surface area contributed by atoms with E-state index in [1.54, 1.807) is 11.5 Å². The Morgan fingerprint density at radius 1 is 1.21 bits per heavy atom. The molecule has 0 aliphatic heterocycles. The fraction of sp³-hybridized carbons (Fsp3) is 0.400. The predicted octanol–water partition coefficient (Wildman–Crippen LogP) is 0.960. The summed E-state index contributed by atoms with van der Waals surface area (Å²) in [6, 6.07) is -0.653. The van der Waals surface area contributed by atoms with Crippen molar-refractivity contribution in [1.82, 2.24) is 19.5 Å². The predicted molar refractivity (Wildman–Crippen MR) is 110 cm³/mol. The summed E-state index contributed by atoms with van der Waals surface area (Å²) in [6.07, 6.45) is 7.03. The normalized spacial score (nSPS) is 27.2. The molecule has 15 nitrogen and oxygen atoms in total. The van der Waals surface area contributed by atoms with Gasteiger partial charge in [-0.25, -0.2) is 28.6 Å². The number of aliphatic hydroxyl groups is 1. The molecule has 180 valence electrons. The average molecular weight is 524 g/mol. The van der Waals surface area contributed by atoms with Crippen molar-refractivity contribution in [1.29, 1.82) is 0 Å². The second-order valence-electron chi connectivity index (χ2n) is 7.06. The summed E-state index contributed by atoms with van der Waals surface area (Å²) in [6.45, 7) is 4.73. The van der Waals surface area contributed by atoms with Crippen LogP contribution in [0.3, 0.4) is 0 Å². The first-order chi connectivity index (χ1) is 15.1. The summed E-state index contributed by atoms with van der Waals surface area (Å²) in [5.41, 5.74) is -0.00688. The maximum atomic E-state index is 12.1. The van der Waals surface area contributed by atoms with Gasteiger partial charge in [0.25, 0.3) is 0 Å². The van der Waals surface area contributed by atoms with Gasteiger partial charge >= 0.3 is 23.5 Å². The monoisotopic (exact) mass is 524 g/mol. The molecule has 33 heavy (non-hydrogen) atoms. The number of aliphatic hydroxyl groups excluding tert-OH is 1. The Morgan fingerprint density at radius 3 is 2.48 bits per heavy atom. The summed E-state index contributed by atoms with van der Waals surface area (Å²) in [5, 5.41) is 10.7. The molecule has 1 aliphatic carbocycles. The third-order valence-corrected chi connectivity index (χ3v) is 8.78. The number of hydrogen-bond donors (Lipinski definition) is 5. The lowest BCUT2D eigenvalue weighted by atomic mass is 9.82. The van der Waals surface area contributed by atoms with Crippen LogP contribution in [0.4, 0.5) is 0 Å². The van der Waals surface area contributed by atoms with E-state index in [0.717, 1.165) is 0 Å². The Balaban J connectivity index is 1.83. The fourth-order valence-electron chi connectivity index (χ4n) is 3.45. The number of hydrogen-bond acceptors (Lipinski definition) is 10. The molecule has 2 heterocycles.